The van der Waals surface area contributed by atoms with E-state index in [0.29, 0.717) is 11.5 Å². The highest BCUT2D eigenvalue weighted by Gasteiger charge is 2.24. The Morgan fingerprint density at radius 2 is 2.33 bits per heavy atom. The van der Waals surface area contributed by atoms with Crippen LogP contribution in [0.4, 0.5) is 0 Å². The normalized spacial score (nSPS) is 17.1. The Bertz CT molecular complexity index is 879. The number of hydrogen-bond acceptors (Lipinski definition) is 3. The SMILES string of the molecule is NC(=O)c1cnn2c1CC(CNCc1cccc3[nH]ccc13)CC2. The minimum Gasteiger partial charge on any atom is -0.365 e. The zero-order valence-electron chi connectivity index (χ0n) is 13.5. The molecule has 24 heavy (non-hydrogen) atoms. The van der Waals surface area contributed by atoms with E-state index in [0.717, 1.165) is 38.2 Å². The summed E-state index contributed by atoms with van der Waals surface area (Å²) in [4.78, 5) is 14.7. The number of hydrogen-bond donors (Lipinski definition) is 3. The van der Waals surface area contributed by atoms with Gasteiger partial charge in [-0.1, -0.05) is 12.1 Å². The first kappa shape index (κ1) is 15.0. The van der Waals surface area contributed by atoms with Crippen molar-refractivity contribution < 1.29 is 4.79 Å². The predicted molar refractivity (Wildman–Crippen MR) is 92.6 cm³/mol. The number of nitrogens with one attached hydrogen (secondary N) is 2. The molecule has 0 radical (unpaired) electrons. The molecule has 0 spiro atoms. The molecule has 4 rings (SSSR count). The Labute approximate surface area is 140 Å². The molecule has 124 valence electrons. The fourth-order valence-corrected chi connectivity index (χ4v) is 3.59. The number of aryl methyl sites for hydroxylation is 1. The summed E-state index contributed by atoms with van der Waals surface area (Å²) in [5, 5.41) is 9.09. The zero-order chi connectivity index (χ0) is 16.5. The van der Waals surface area contributed by atoms with E-state index in [1.807, 2.05) is 10.9 Å². The standard InChI is InChI=1S/C18H21N5O/c19-18(24)15-11-22-23-7-5-12(8-17(15)23)9-20-10-13-2-1-3-16-14(13)4-6-21-16/h1-4,6,11-12,20-21H,5,7-10H2,(H2,19,24). The van der Waals surface area contributed by atoms with Crippen molar-refractivity contribution in [2.24, 2.45) is 11.7 Å². The molecule has 1 aromatic carbocycles. The highest BCUT2D eigenvalue weighted by Crippen LogP contribution is 2.23. The van der Waals surface area contributed by atoms with Gasteiger partial charge < -0.3 is 16.0 Å². The van der Waals surface area contributed by atoms with Gasteiger partial charge in [0.25, 0.3) is 5.91 Å². The van der Waals surface area contributed by atoms with E-state index >= 15 is 0 Å². The molecular formula is C18H21N5O. The van der Waals surface area contributed by atoms with Crippen molar-refractivity contribution in [2.45, 2.75) is 25.9 Å². The molecule has 0 aliphatic carbocycles. The number of fused-ring (bicyclic) bond motifs is 2. The molecule has 3 aromatic rings. The quantitative estimate of drug-likeness (QED) is 0.669. The molecule has 0 bridgehead atoms. The number of rotatable bonds is 5. The molecule has 0 fully saturated rings. The molecule has 1 aliphatic heterocycles. The lowest BCUT2D eigenvalue weighted by Crippen LogP contribution is -2.30. The minimum absolute atomic E-state index is 0.385. The zero-order valence-corrected chi connectivity index (χ0v) is 13.5. The average molecular weight is 323 g/mol. The monoisotopic (exact) mass is 323 g/mol. The molecule has 3 heterocycles. The number of carbonyl (C=O) groups is 1. The number of primary amides is 1. The molecule has 4 N–H and O–H groups in total. The summed E-state index contributed by atoms with van der Waals surface area (Å²) in [6, 6.07) is 8.44. The maximum atomic E-state index is 11.5. The van der Waals surface area contributed by atoms with Gasteiger partial charge in [0.2, 0.25) is 0 Å². The lowest BCUT2D eigenvalue weighted by atomic mass is 9.94. The molecule has 2 aromatic heterocycles. The van der Waals surface area contributed by atoms with Crippen molar-refractivity contribution in [3.8, 4) is 0 Å². The van der Waals surface area contributed by atoms with Gasteiger partial charge in [0.15, 0.2) is 0 Å². The van der Waals surface area contributed by atoms with E-state index in [1.165, 1.54) is 16.5 Å². The lowest BCUT2D eigenvalue weighted by molar-refractivity contribution is 0.0998. The van der Waals surface area contributed by atoms with Gasteiger partial charge in [-0.25, -0.2) is 0 Å². The minimum atomic E-state index is -0.385. The van der Waals surface area contributed by atoms with E-state index in [1.54, 1.807) is 6.20 Å². The van der Waals surface area contributed by atoms with Crippen LogP contribution in [0.15, 0.2) is 36.7 Å². The van der Waals surface area contributed by atoms with Gasteiger partial charge in [-0.3, -0.25) is 9.48 Å². The van der Waals surface area contributed by atoms with E-state index < -0.39 is 0 Å². The van der Waals surface area contributed by atoms with Gasteiger partial charge >= 0.3 is 0 Å². The van der Waals surface area contributed by atoms with E-state index in [9.17, 15) is 4.79 Å². The van der Waals surface area contributed by atoms with Crippen molar-refractivity contribution in [3.63, 3.8) is 0 Å². The topological polar surface area (TPSA) is 88.7 Å². The molecule has 1 atom stereocenters. The van der Waals surface area contributed by atoms with Crippen molar-refractivity contribution in [3.05, 3.63) is 53.5 Å². The van der Waals surface area contributed by atoms with Gasteiger partial charge in [-0.2, -0.15) is 5.10 Å². The predicted octanol–water partition coefficient (Wildman–Crippen LogP) is 1.82. The Morgan fingerprint density at radius 1 is 1.42 bits per heavy atom. The number of carbonyl (C=O) groups excluding carboxylic acids is 1. The lowest BCUT2D eigenvalue weighted by Gasteiger charge is -2.24. The van der Waals surface area contributed by atoms with E-state index in [-0.39, 0.29) is 5.91 Å². The van der Waals surface area contributed by atoms with Crippen molar-refractivity contribution >= 4 is 16.8 Å². The summed E-state index contributed by atoms with van der Waals surface area (Å²) in [6.45, 7) is 2.61. The van der Waals surface area contributed by atoms with Crippen LogP contribution < -0.4 is 11.1 Å². The average Bonchev–Trinajstić information content (AvgIpc) is 3.21. The molecule has 1 unspecified atom stereocenters. The summed E-state index contributed by atoms with van der Waals surface area (Å²) < 4.78 is 1.91. The van der Waals surface area contributed by atoms with E-state index in [4.69, 9.17) is 5.73 Å². The number of aromatic amines is 1. The van der Waals surface area contributed by atoms with Crippen molar-refractivity contribution in [2.75, 3.05) is 6.54 Å². The Hall–Kier alpha value is -2.60. The van der Waals surface area contributed by atoms with Crippen LogP contribution in [0, 0.1) is 5.92 Å². The molecule has 1 amide bonds. The maximum absolute atomic E-state index is 11.5. The number of amides is 1. The second-order valence-corrected chi connectivity index (χ2v) is 6.44. The van der Waals surface area contributed by atoms with Crippen LogP contribution in [0.5, 0.6) is 0 Å². The van der Waals surface area contributed by atoms with Crippen LogP contribution in [0.1, 0.15) is 28.0 Å². The summed E-state index contributed by atoms with van der Waals surface area (Å²) in [6.07, 6.45) is 5.48. The number of nitrogens with zero attached hydrogens (tertiary/aromatic N) is 2. The van der Waals surface area contributed by atoms with Crippen molar-refractivity contribution in [1.82, 2.24) is 20.1 Å². The van der Waals surface area contributed by atoms with Crippen LogP contribution in [-0.2, 0) is 19.5 Å². The van der Waals surface area contributed by atoms with Gasteiger partial charge in [0.05, 0.1) is 17.5 Å². The molecule has 1 aliphatic rings. The van der Waals surface area contributed by atoms with Crippen LogP contribution in [0.25, 0.3) is 10.9 Å². The third-order valence-electron chi connectivity index (χ3n) is 4.88. The second kappa shape index (κ2) is 6.13. The number of benzene rings is 1. The van der Waals surface area contributed by atoms with Crippen LogP contribution in [0.3, 0.4) is 0 Å². The molecular weight excluding hydrogens is 302 g/mol. The number of nitrogens with two attached hydrogens (primary N) is 1. The first-order valence-electron chi connectivity index (χ1n) is 8.32. The first-order chi connectivity index (χ1) is 11.7. The Balaban J connectivity index is 1.39. The molecule has 6 heteroatoms. The Morgan fingerprint density at radius 3 is 3.21 bits per heavy atom. The van der Waals surface area contributed by atoms with Crippen LogP contribution in [-0.4, -0.2) is 27.2 Å². The summed E-state index contributed by atoms with van der Waals surface area (Å²) >= 11 is 0. The molecule has 0 saturated heterocycles. The number of aromatic nitrogens is 3. The first-order valence-corrected chi connectivity index (χ1v) is 8.32. The Kier molecular flexibility index (Phi) is 3.82. The number of H-pyrrole nitrogens is 1. The fraction of sp³-hybridized carbons (Fsp3) is 0.333. The van der Waals surface area contributed by atoms with Gasteiger partial charge in [-0.05, 0) is 43.0 Å². The highest BCUT2D eigenvalue weighted by atomic mass is 16.1. The van der Waals surface area contributed by atoms with Gasteiger partial charge in [0, 0.05) is 30.2 Å². The smallest absolute Gasteiger partial charge is 0.252 e. The summed E-state index contributed by atoms with van der Waals surface area (Å²) in [5.41, 5.74) is 9.45. The fourth-order valence-electron chi connectivity index (χ4n) is 3.59. The summed E-state index contributed by atoms with van der Waals surface area (Å²) in [5.74, 6) is 0.113. The van der Waals surface area contributed by atoms with E-state index in [2.05, 4.69) is 39.7 Å². The third kappa shape index (κ3) is 2.69. The van der Waals surface area contributed by atoms with Gasteiger partial charge in [0.1, 0.15) is 0 Å². The third-order valence-corrected chi connectivity index (χ3v) is 4.88. The van der Waals surface area contributed by atoms with Crippen LogP contribution in [0.2, 0.25) is 0 Å². The summed E-state index contributed by atoms with van der Waals surface area (Å²) in [7, 11) is 0. The maximum Gasteiger partial charge on any atom is 0.252 e. The second-order valence-electron chi connectivity index (χ2n) is 6.44. The largest absolute Gasteiger partial charge is 0.365 e. The van der Waals surface area contributed by atoms with Crippen molar-refractivity contribution in [1.29, 1.82) is 0 Å². The highest BCUT2D eigenvalue weighted by molar-refractivity contribution is 5.93. The van der Waals surface area contributed by atoms with Gasteiger partial charge in [-0.15, -0.1) is 0 Å². The molecule has 6 nitrogen and oxygen atoms in total. The van der Waals surface area contributed by atoms with Crippen LogP contribution >= 0.6 is 0 Å². The molecule has 0 saturated carbocycles.